The van der Waals surface area contributed by atoms with Gasteiger partial charge < -0.3 is 0 Å². The lowest BCUT2D eigenvalue weighted by Crippen LogP contribution is -2.28. The third-order valence-electron chi connectivity index (χ3n) is 3.40. The fourth-order valence-electron chi connectivity index (χ4n) is 2.72. The summed E-state index contributed by atoms with van der Waals surface area (Å²) in [6.07, 6.45) is 2.11. The van der Waals surface area contributed by atoms with Gasteiger partial charge in [-0.2, -0.15) is 0 Å². The van der Waals surface area contributed by atoms with Gasteiger partial charge in [-0.3, -0.25) is 0 Å². The van der Waals surface area contributed by atoms with Gasteiger partial charge in [0.2, 0.25) is 5.52 Å². The zero-order valence-corrected chi connectivity index (χ0v) is 10.5. The maximum absolute atomic E-state index is 2.26. The second kappa shape index (κ2) is 3.56. The second-order valence-electron chi connectivity index (χ2n) is 4.80. The summed E-state index contributed by atoms with van der Waals surface area (Å²) in [5, 5.41) is 4.00. The summed E-state index contributed by atoms with van der Waals surface area (Å²) >= 11 is 0. The molecule has 0 N–H and O–H groups in total. The summed E-state index contributed by atoms with van der Waals surface area (Å²) in [5.41, 5.74) is 4.00. The first-order valence-electron chi connectivity index (χ1n) is 5.95. The molecule has 0 saturated heterocycles. The number of fused-ring (bicyclic) bond motifs is 3. The normalized spacial score (nSPS) is 11.2. The van der Waals surface area contributed by atoms with Gasteiger partial charge >= 0.3 is 0 Å². The minimum atomic E-state index is 1.30. The Morgan fingerprint density at radius 3 is 2.53 bits per heavy atom. The predicted octanol–water partition coefficient (Wildman–Crippen LogP) is 3.43. The molecule has 2 aromatic carbocycles. The topological polar surface area (TPSA) is 3.88 Å². The lowest BCUT2D eigenvalue weighted by molar-refractivity contribution is -0.644. The van der Waals surface area contributed by atoms with Crippen molar-refractivity contribution in [3.8, 4) is 0 Å². The van der Waals surface area contributed by atoms with E-state index in [4.69, 9.17) is 0 Å². The third kappa shape index (κ3) is 1.50. The molecule has 0 radical (unpaired) electrons. The Bertz CT molecular complexity index is 726. The van der Waals surface area contributed by atoms with Crippen molar-refractivity contribution >= 4 is 21.7 Å². The van der Waals surface area contributed by atoms with E-state index < -0.39 is 0 Å². The Kier molecular flexibility index (Phi) is 2.15. The summed E-state index contributed by atoms with van der Waals surface area (Å²) in [6, 6.07) is 13.2. The molecule has 0 amide bonds. The molecule has 3 rings (SSSR count). The Hall–Kier alpha value is -1.89. The first-order chi connectivity index (χ1) is 8.16. The van der Waals surface area contributed by atoms with Crippen molar-refractivity contribution in [3.05, 3.63) is 53.7 Å². The summed E-state index contributed by atoms with van der Waals surface area (Å²) in [6.45, 7) is 4.35. The minimum Gasteiger partial charge on any atom is -0.200 e. The first-order valence-corrected chi connectivity index (χ1v) is 5.95. The molecular weight excluding hydrogens is 206 g/mol. The maximum atomic E-state index is 2.26. The number of hydrogen-bond donors (Lipinski definition) is 0. The molecule has 0 aliphatic heterocycles. The van der Waals surface area contributed by atoms with E-state index in [1.165, 1.54) is 32.8 Å². The van der Waals surface area contributed by atoms with Crippen LogP contribution in [-0.4, -0.2) is 0 Å². The highest BCUT2D eigenvalue weighted by atomic mass is 14.9. The van der Waals surface area contributed by atoms with Crippen molar-refractivity contribution in [1.82, 2.24) is 0 Å². The number of pyridine rings is 1. The lowest BCUT2D eigenvalue weighted by atomic mass is 9.99. The Labute approximate surface area is 101 Å². The molecule has 1 heterocycles. The van der Waals surface area contributed by atoms with Gasteiger partial charge in [-0.05, 0) is 36.9 Å². The van der Waals surface area contributed by atoms with Crippen LogP contribution in [0, 0.1) is 13.8 Å². The standard InChI is InChI=1S/C16H16N/c1-11-9-12(2)15-14(10-11)7-6-13-5-4-8-17(3)16(13)15/h4-10H,1-3H3/q+1. The largest absolute Gasteiger partial charge is 0.220 e. The summed E-state index contributed by atoms with van der Waals surface area (Å²) in [7, 11) is 2.11. The number of nitrogens with zero attached hydrogens (tertiary/aromatic N) is 1. The van der Waals surface area contributed by atoms with E-state index in [0.29, 0.717) is 0 Å². The van der Waals surface area contributed by atoms with Gasteiger partial charge in [-0.25, -0.2) is 4.57 Å². The zero-order chi connectivity index (χ0) is 12.0. The van der Waals surface area contributed by atoms with Crippen LogP contribution >= 0.6 is 0 Å². The van der Waals surface area contributed by atoms with E-state index in [-0.39, 0.29) is 0 Å². The first kappa shape index (κ1) is 10.3. The predicted molar refractivity (Wildman–Crippen MR) is 72.1 cm³/mol. The molecule has 0 spiro atoms. The molecule has 0 aliphatic carbocycles. The summed E-state index contributed by atoms with van der Waals surface area (Å²) in [4.78, 5) is 0. The minimum absolute atomic E-state index is 1.30. The fourth-order valence-corrected chi connectivity index (χ4v) is 2.72. The Balaban J connectivity index is 2.63. The average Bonchev–Trinajstić information content (AvgIpc) is 2.28. The molecule has 0 aliphatic rings. The zero-order valence-electron chi connectivity index (χ0n) is 10.5. The molecule has 1 heteroatoms. The van der Waals surface area contributed by atoms with Gasteiger partial charge in [0, 0.05) is 11.5 Å². The molecule has 0 saturated carbocycles. The van der Waals surface area contributed by atoms with Gasteiger partial charge in [0.15, 0.2) is 6.20 Å². The van der Waals surface area contributed by atoms with Crippen LogP contribution in [0.4, 0.5) is 0 Å². The smallest absolute Gasteiger partial charge is 0.200 e. The van der Waals surface area contributed by atoms with E-state index in [1.54, 1.807) is 0 Å². The van der Waals surface area contributed by atoms with Crippen molar-refractivity contribution in [2.75, 3.05) is 0 Å². The maximum Gasteiger partial charge on any atom is 0.220 e. The van der Waals surface area contributed by atoms with E-state index >= 15 is 0 Å². The summed E-state index contributed by atoms with van der Waals surface area (Å²) in [5.74, 6) is 0. The van der Waals surface area contributed by atoms with Crippen LogP contribution in [0.25, 0.3) is 21.7 Å². The van der Waals surface area contributed by atoms with E-state index in [2.05, 4.69) is 68.1 Å². The summed E-state index contributed by atoms with van der Waals surface area (Å²) < 4.78 is 2.21. The van der Waals surface area contributed by atoms with E-state index in [1.807, 2.05) is 0 Å². The second-order valence-corrected chi connectivity index (χ2v) is 4.80. The molecule has 0 bridgehead atoms. The number of benzene rings is 2. The SMILES string of the molecule is Cc1cc(C)c2c(ccc3ccc[n+](C)c32)c1. The van der Waals surface area contributed by atoms with Gasteiger partial charge in [0.25, 0.3) is 0 Å². The highest BCUT2D eigenvalue weighted by molar-refractivity contribution is 6.05. The lowest BCUT2D eigenvalue weighted by Gasteiger charge is -2.06. The van der Waals surface area contributed by atoms with Crippen LogP contribution in [0.1, 0.15) is 11.1 Å². The molecular formula is C16H16N+. The van der Waals surface area contributed by atoms with Crippen molar-refractivity contribution in [2.45, 2.75) is 13.8 Å². The van der Waals surface area contributed by atoms with Gasteiger partial charge in [0.1, 0.15) is 7.05 Å². The molecule has 0 unspecified atom stereocenters. The number of aromatic nitrogens is 1. The molecule has 3 aromatic rings. The third-order valence-corrected chi connectivity index (χ3v) is 3.40. The highest BCUT2D eigenvalue weighted by Gasteiger charge is 2.11. The molecule has 1 nitrogen and oxygen atoms in total. The number of rotatable bonds is 0. The Morgan fingerprint density at radius 2 is 1.71 bits per heavy atom. The van der Waals surface area contributed by atoms with Gasteiger partial charge in [-0.1, -0.05) is 23.8 Å². The van der Waals surface area contributed by atoms with Crippen molar-refractivity contribution < 1.29 is 4.57 Å². The van der Waals surface area contributed by atoms with Gasteiger partial charge in [0.05, 0.1) is 5.39 Å². The number of aryl methyl sites for hydroxylation is 3. The van der Waals surface area contributed by atoms with Crippen LogP contribution in [-0.2, 0) is 7.05 Å². The average molecular weight is 222 g/mol. The molecule has 0 fully saturated rings. The van der Waals surface area contributed by atoms with Crippen molar-refractivity contribution in [1.29, 1.82) is 0 Å². The van der Waals surface area contributed by atoms with Crippen LogP contribution in [0.15, 0.2) is 42.6 Å². The van der Waals surface area contributed by atoms with Crippen molar-refractivity contribution in [2.24, 2.45) is 7.05 Å². The quantitative estimate of drug-likeness (QED) is 0.405. The highest BCUT2D eigenvalue weighted by Crippen LogP contribution is 2.26. The van der Waals surface area contributed by atoms with E-state index in [9.17, 15) is 0 Å². The van der Waals surface area contributed by atoms with Crippen molar-refractivity contribution in [3.63, 3.8) is 0 Å². The number of hydrogen-bond acceptors (Lipinski definition) is 0. The van der Waals surface area contributed by atoms with E-state index in [0.717, 1.165) is 0 Å². The molecule has 84 valence electrons. The van der Waals surface area contributed by atoms with Crippen LogP contribution < -0.4 is 4.57 Å². The monoisotopic (exact) mass is 222 g/mol. The fraction of sp³-hybridized carbons (Fsp3) is 0.188. The molecule has 0 atom stereocenters. The Morgan fingerprint density at radius 1 is 0.941 bits per heavy atom. The van der Waals surface area contributed by atoms with Gasteiger partial charge in [-0.15, -0.1) is 0 Å². The molecule has 17 heavy (non-hydrogen) atoms. The van der Waals surface area contributed by atoms with Crippen LogP contribution in [0.2, 0.25) is 0 Å². The van der Waals surface area contributed by atoms with Crippen LogP contribution in [0.5, 0.6) is 0 Å². The van der Waals surface area contributed by atoms with Crippen LogP contribution in [0.3, 0.4) is 0 Å². The molecule has 1 aromatic heterocycles.